The molecule has 0 spiro atoms. The van der Waals surface area contributed by atoms with Gasteiger partial charge in [-0.15, -0.1) is 4.40 Å². The van der Waals surface area contributed by atoms with Gasteiger partial charge in [0, 0.05) is 32.7 Å². The molecule has 0 saturated heterocycles. The molecule has 0 bridgehead atoms. The van der Waals surface area contributed by atoms with Crippen LogP contribution < -0.4 is 5.32 Å². The summed E-state index contributed by atoms with van der Waals surface area (Å²) in [4.78, 5) is 1.80. The number of rotatable bonds is 8. The number of sulfonamides is 1. The lowest BCUT2D eigenvalue weighted by atomic mass is 10.0. The Morgan fingerprint density at radius 1 is 0.867 bits per heavy atom. The Morgan fingerprint density at radius 3 is 2.03 bits per heavy atom. The third-order valence-corrected chi connectivity index (χ3v) is 5.91. The number of nitrogens with one attached hydrogen (secondary N) is 1. The van der Waals surface area contributed by atoms with Crippen molar-refractivity contribution in [2.75, 3.05) is 14.1 Å². The summed E-state index contributed by atoms with van der Waals surface area (Å²) in [5.41, 5.74) is 5.12. The molecule has 0 amide bonds. The Balaban J connectivity index is 1.73. The van der Waals surface area contributed by atoms with Gasteiger partial charge >= 0.3 is 0 Å². The van der Waals surface area contributed by atoms with E-state index in [0.29, 0.717) is 5.56 Å². The first-order chi connectivity index (χ1) is 14.3. The highest BCUT2D eigenvalue weighted by atomic mass is 32.2. The summed E-state index contributed by atoms with van der Waals surface area (Å²) in [6.07, 6.45) is 1.30. The molecule has 0 aromatic heterocycles. The van der Waals surface area contributed by atoms with Crippen molar-refractivity contribution in [3.63, 3.8) is 0 Å². The van der Waals surface area contributed by atoms with Crippen molar-refractivity contribution in [3.05, 3.63) is 89.5 Å². The van der Waals surface area contributed by atoms with Crippen LogP contribution in [0.1, 0.15) is 16.7 Å². The van der Waals surface area contributed by atoms with Gasteiger partial charge in [0.25, 0.3) is 10.0 Å². The van der Waals surface area contributed by atoms with Crippen LogP contribution in [0.25, 0.3) is 11.1 Å². The van der Waals surface area contributed by atoms with E-state index in [2.05, 4.69) is 40.9 Å². The standard InChI is InChI=1S/C24H27N3O2S/c1-19-8-10-20(11-9-19)16-25-17-21-12-14-22(15-13-21)23-6-4-5-7-24(23)30(28,29)26-18-27(2)3/h4-15,18,25H,16-17H2,1-3H3/b26-18-. The molecule has 0 radical (unpaired) electrons. The average molecular weight is 422 g/mol. The molecule has 1 N–H and O–H groups in total. The monoisotopic (exact) mass is 421 g/mol. The van der Waals surface area contributed by atoms with E-state index in [-0.39, 0.29) is 4.90 Å². The van der Waals surface area contributed by atoms with Crippen LogP contribution in [0.3, 0.4) is 0 Å². The fraction of sp³-hybridized carbons (Fsp3) is 0.208. The van der Waals surface area contributed by atoms with E-state index in [1.54, 1.807) is 31.1 Å². The van der Waals surface area contributed by atoms with Crippen molar-refractivity contribution in [1.29, 1.82) is 0 Å². The van der Waals surface area contributed by atoms with Crippen LogP contribution in [0, 0.1) is 6.92 Å². The first-order valence-electron chi connectivity index (χ1n) is 9.77. The molecule has 0 aliphatic rings. The topological polar surface area (TPSA) is 61.8 Å². The summed E-state index contributed by atoms with van der Waals surface area (Å²) in [5.74, 6) is 0. The van der Waals surface area contributed by atoms with Crippen LogP contribution in [0.15, 0.2) is 82.1 Å². The molecule has 0 heterocycles. The first-order valence-corrected chi connectivity index (χ1v) is 11.2. The second-order valence-corrected chi connectivity index (χ2v) is 9.04. The van der Waals surface area contributed by atoms with Crippen LogP contribution in [0.5, 0.6) is 0 Å². The summed E-state index contributed by atoms with van der Waals surface area (Å²) >= 11 is 0. The van der Waals surface area contributed by atoms with Crippen molar-refractivity contribution in [3.8, 4) is 11.1 Å². The molecule has 0 unspecified atom stereocenters. The van der Waals surface area contributed by atoms with Gasteiger partial charge in [0.15, 0.2) is 0 Å². The van der Waals surface area contributed by atoms with Crippen LogP contribution in [0.4, 0.5) is 0 Å². The molecular weight excluding hydrogens is 394 g/mol. The minimum atomic E-state index is -3.78. The van der Waals surface area contributed by atoms with Crippen molar-refractivity contribution in [2.45, 2.75) is 24.9 Å². The first kappa shape index (κ1) is 21.7. The largest absolute Gasteiger partial charge is 0.368 e. The van der Waals surface area contributed by atoms with Gasteiger partial charge in [-0.2, -0.15) is 8.42 Å². The maximum absolute atomic E-state index is 12.7. The van der Waals surface area contributed by atoms with E-state index in [1.165, 1.54) is 17.5 Å². The number of hydrogen-bond acceptors (Lipinski definition) is 3. The minimum Gasteiger partial charge on any atom is -0.368 e. The van der Waals surface area contributed by atoms with Crippen molar-refractivity contribution in [2.24, 2.45) is 4.40 Å². The lowest BCUT2D eigenvalue weighted by Crippen LogP contribution is -2.12. The zero-order chi connectivity index (χ0) is 21.6. The zero-order valence-corrected chi connectivity index (χ0v) is 18.4. The predicted octanol–water partition coefficient (Wildman–Crippen LogP) is 4.23. The zero-order valence-electron chi connectivity index (χ0n) is 17.5. The Labute approximate surface area is 179 Å². The maximum Gasteiger partial charge on any atom is 0.284 e. The Kier molecular flexibility index (Phi) is 7.03. The lowest BCUT2D eigenvalue weighted by molar-refractivity contribution is 0.595. The average Bonchev–Trinajstić information content (AvgIpc) is 2.74. The van der Waals surface area contributed by atoms with Gasteiger partial charge in [-0.3, -0.25) is 0 Å². The predicted molar refractivity (Wildman–Crippen MR) is 123 cm³/mol. The van der Waals surface area contributed by atoms with E-state index < -0.39 is 10.0 Å². The molecule has 0 aliphatic carbocycles. The summed E-state index contributed by atoms with van der Waals surface area (Å²) in [6, 6.07) is 23.4. The molecule has 3 rings (SSSR count). The van der Waals surface area contributed by atoms with Gasteiger partial charge in [-0.25, -0.2) is 0 Å². The third kappa shape index (κ3) is 5.78. The highest BCUT2D eigenvalue weighted by molar-refractivity contribution is 7.90. The highest BCUT2D eigenvalue weighted by Gasteiger charge is 2.17. The molecular formula is C24H27N3O2S. The summed E-state index contributed by atoms with van der Waals surface area (Å²) < 4.78 is 29.1. The third-order valence-electron chi connectivity index (χ3n) is 4.63. The van der Waals surface area contributed by atoms with E-state index in [0.717, 1.165) is 24.2 Å². The van der Waals surface area contributed by atoms with E-state index in [9.17, 15) is 8.42 Å². The van der Waals surface area contributed by atoms with Crippen molar-refractivity contribution in [1.82, 2.24) is 10.2 Å². The molecule has 0 aliphatic heterocycles. The maximum atomic E-state index is 12.7. The Morgan fingerprint density at radius 2 is 1.43 bits per heavy atom. The lowest BCUT2D eigenvalue weighted by Gasteiger charge is -2.10. The SMILES string of the molecule is Cc1ccc(CNCc2ccc(-c3ccccc3S(=O)(=O)/N=C\N(C)C)cc2)cc1. The fourth-order valence-corrected chi connectivity index (χ4v) is 4.14. The number of nitrogens with zero attached hydrogens (tertiary/aromatic N) is 2. The van der Waals surface area contributed by atoms with Gasteiger partial charge in [-0.1, -0.05) is 72.3 Å². The quantitative estimate of drug-likeness (QED) is 0.437. The van der Waals surface area contributed by atoms with Crippen LogP contribution in [-0.2, 0) is 23.1 Å². The van der Waals surface area contributed by atoms with E-state index in [4.69, 9.17) is 0 Å². The molecule has 3 aromatic rings. The molecule has 6 heteroatoms. The summed E-state index contributed by atoms with van der Waals surface area (Å²) in [5, 5.41) is 3.44. The normalized spacial score (nSPS) is 11.7. The second-order valence-electron chi connectivity index (χ2n) is 7.44. The van der Waals surface area contributed by atoms with Gasteiger partial charge in [-0.05, 0) is 29.7 Å². The number of hydrogen-bond donors (Lipinski definition) is 1. The summed E-state index contributed by atoms with van der Waals surface area (Å²) in [7, 11) is -0.311. The molecule has 5 nitrogen and oxygen atoms in total. The van der Waals surface area contributed by atoms with Crippen LogP contribution in [-0.4, -0.2) is 33.8 Å². The van der Waals surface area contributed by atoms with Gasteiger partial charge in [0.1, 0.15) is 6.34 Å². The van der Waals surface area contributed by atoms with E-state index in [1.807, 2.05) is 36.4 Å². The molecule has 0 fully saturated rings. The fourth-order valence-electron chi connectivity index (χ4n) is 3.00. The van der Waals surface area contributed by atoms with Crippen molar-refractivity contribution < 1.29 is 8.42 Å². The Bertz CT molecular complexity index is 1100. The van der Waals surface area contributed by atoms with Crippen LogP contribution >= 0.6 is 0 Å². The number of benzene rings is 3. The molecule has 3 aromatic carbocycles. The molecule has 0 saturated carbocycles. The Hall–Kier alpha value is -2.96. The molecule has 30 heavy (non-hydrogen) atoms. The van der Waals surface area contributed by atoms with E-state index >= 15 is 0 Å². The smallest absolute Gasteiger partial charge is 0.284 e. The number of aryl methyl sites for hydroxylation is 1. The van der Waals surface area contributed by atoms with Gasteiger partial charge in [0.05, 0.1) is 4.90 Å². The molecule has 0 atom stereocenters. The minimum absolute atomic E-state index is 0.202. The highest BCUT2D eigenvalue weighted by Crippen LogP contribution is 2.28. The van der Waals surface area contributed by atoms with Crippen molar-refractivity contribution >= 4 is 16.4 Å². The van der Waals surface area contributed by atoms with Crippen LogP contribution in [0.2, 0.25) is 0 Å². The summed E-state index contributed by atoms with van der Waals surface area (Å²) in [6.45, 7) is 3.62. The van der Waals surface area contributed by atoms with Gasteiger partial charge < -0.3 is 10.2 Å². The van der Waals surface area contributed by atoms with Gasteiger partial charge in [0.2, 0.25) is 0 Å². The molecule has 156 valence electrons. The second kappa shape index (κ2) is 9.69.